The van der Waals surface area contributed by atoms with Gasteiger partial charge in [0.1, 0.15) is 11.4 Å². The first-order valence-corrected chi connectivity index (χ1v) is 9.11. The average molecular weight is 333 g/mol. The van der Waals surface area contributed by atoms with Crippen LogP contribution in [-0.2, 0) is 9.53 Å². The summed E-state index contributed by atoms with van der Waals surface area (Å²) in [5.74, 6) is 0.894. The molecule has 1 fully saturated rings. The van der Waals surface area contributed by atoms with Crippen LogP contribution in [0.5, 0.6) is 5.75 Å². The summed E-state index contributed by atoms with van der Waals surface area (Å²) in [4.78, 5) is 12.9. The summed E-state index contributed by atoms with van der Waals surface area (Å²) in [6, 6.07) is 3.95. The van der Waals surface area contributed by atoms with Gasteiger partial charge in [0.15, 0.2) is 0 Å². The molecule has 1 aromatic carbocycles. The van der Waals surface area contributed by atoms with E-state index in [1.807, 2.05) is 39.8 Å². The Morgan fingerprint density at radius 3 is 2.29 bits per heavy atom. The zero-order chi connectivity index (χ0) is 17.7. The Kier molecular flexibility index (Phi) is 6.27. The normalized spacial score (nSPS) is 16.4. The number of ether oxygens (including phenoxy) is 2. The zero-order valence-corrected chi connectivity index (χ0v) is 15.7. The van der Waals surface area contributed by atoms with Crippen molar-refractivity contribution in [2.45, 2.75) is 78.4 Å². The van der Waals surface area contributed by atoms with Gasteiger partial charge >= 0.3 is 0 Å². The summed E-state index contributed by atoms with van der Waals surface area (Å²) in [7, 11) is 0. The molecule has 1 aliphatic carbocycles. The first-order valence-electron chi connectivity index (χ1n) is 9.11. The third-order valence-corrected chi connectivity index (χ3v) is 4.48. The fraction of sp³-hybridized carbons (Fsp3) is 0.650. The van der Waals surface area contributed by atoms with Crippen molar-refractivity contribution in [3.63, 3.8) is 0 Å². The molecule has 0 atom stereocenters. The monoisotopic (exact) mass is 333 g/mol. The summed E-state index contributed by atoms with van der Waals surface area (Å²) in [6.45, 7) is 10.8. The van der Waals surface area contributed by atoms with Gasteiger partial charge in [-0.3, -0.25) is 4.79 Å². The van der Waals surface area contributed by atoms with Crippen molar-refractivity contribution in [1.29, 1.82) is 0 Å². The zero-order valence-electron chi connectivity index (χ0n) is 15.7. The third-order valence-electron chi connectivity index (χ3n) is 4.48. The number of aryl methyl sites for hydroxylation is 2. The molecule has 1 aromatic rings. The Morgan fingerprint density at radius 1 is 1.21 bits per heavy atom. The maximum Gasteiger partial charge on any atom is 0.256 e. The van der Waals surface area contributed by atoms with Gasteiger partial charge in [0.05, 0.1) is 6.10 Å². The molecule has 134 valence electrons. The van der Waals surface area contributed by atoms with Crippen LogP contribution in [0.4, 0.5) is 5.69 Å². The number of nitrogens with one attached hydrogen (secondary N) is 1. The van der Waals surface area contributed by atoms with E-state index in [1.54, 1.807) is 0 Å². The predicted molar refractivity (Wildman–Crippen MR) is 97.8 cm³/mol. The molecule has 0 unspecified atom stereocenters. The van der Waals surface area contributed by atoms with Gasteiger partial charge < -0.3 is 14.8 Å². The largest absolute Gasteiger partial charge is 0.490 e. The second kappa shape index (κ2) is 8.02. The standard InChI is InChI=1S/C20H31NO3/c1-6-11-23-20(9-7-8-10-20)19(22)21-17-12-15(4)18(16(5)13-17)24-14(2)3/h12-14H,6-11H2,1-5H3,(H,21,22). The molecule has 0 heterocycles. The van der Waals surface area contributed by atoms with Crippen molar-refractivity contribution in [2.24, 2.45) is 0 Å². The number of hydrogen-bond acceptors (Lipinski definition) is 3. The van der Waals surface area contributed by atoms with Crippen LogP contribution in [0.25, 0.3) is 0 Å². The molecule has 0 bridgehead atoms. The lowest BCUT2D eigenvalue weighted by atomic mass is 10.00. The van der Waals surface area contributed by atoms with E-state index < -0.39 is 5.60 Å². The van der Waals surface area contributed by atoms with Gasteiger partial charge in [-0.1, -0.05) is 6.92 Å². The Hall–Kier alpha value is -1.55. The van der Waals surface area contributed by atoms with E-state index in [0.717, 1.165) is 54.7 Å². The van der Waals surface area contributed by atoms with Crippen LogP contribution in [0, 0.1) is 13.8 Å². The molecular formula is C20H31NO3. The fourth-order valence-electron chi connectivity index (χ4n) is 3.37. The lowest BCUT2D eigenvalue weighted by Crippen LogP contribution is -2.43. The highest BCUT2D eigenvalue weighted by molar-refractivity contribution is 5.97. The first kappa shape index (κ1) is 18.8. The van der Waals surface area contributed by atoms with Crippen molar-refractivity contribution in [1.82, 2.24) is 0 Å². The average Bonchev–Trinajstić information content (AvgIpc) is 2.99. The second-order valence-electron chi connectivity index (χ2n) is 7.11. The van der Waals surface area contributed by atoms with E-state index in [2.05, 4.69) is 12.2 Å². The number of hydrogen-bond donors (Lipinski definition) is 1. The topological polar surface area (TPSA) is 47.6 Å². The van der Waals surface area contributed by atoms with Crippen molar-refractivity contribution in [3.8, 4) is 5.75 Å². The van der Waals surface area contributed by atoms with Crippen LogP contribution in [0.15, 0.2) is 12.1 Å². The summed E-state index contributed by atoms with van der Waals surface area (Å²) in [5, 5.41) is 3.08. The minimum absolute atomic E-state index is 0.00946. The van der Waals surface area contributed by atoms with E-state index in [0.29, 0.717) is 6.61 Å². The molecular weight excluding hydrogens is 302 g/mol. The highest BCUT2D eigenvalue weighted by atomic mass is 16.5. The van der Waals surface area contributed by atoms with E-state index in [-0.39, 0.29) is 12.0 Å². The molecule has 4 nitrogen and oxygen atoms in total. The number of carbonyl (C=O) groups excluding carboxylic acids is 1. The van der Waals surface area contributed by atoms with Crippen LogP contribution in [0.1, 0.15) is 64.0 Å². The van der Waals surface area contributed by atoms with Gasteiger partial charge in [-0.25, -0.2) is 0 Å². The molecule has 1 saturated carbocycles. The van der Waals surface area contributed by atoms with Gasteiger partial charge in [-0.05, 0) is 83.1 Å². The molecule has 24 heavy (non-hydrogen) atoms. The van der Waals surface area contributed by atoms with Gasteiger partial charge in [0.2, 0.25) is 0 Å². The second-order valence-corrected chi connectivity index (χ2v) is 7.11. The quantitative estimate of drug-likeness (QED) is 0.782. The number of benzene rings is 1. The molecule has 1 amide bonds. The van der Waals surface area contributed by atoms with E-state index in [1.165, 1.54) is 0 Å². The minimum Gasteiger partial charge on any atom is -0.490 e. The molecule has 0 aliphatic heterocycles. The summed E-state index contributed by atoms with van der Waals surface area (Å²) in [6.07, 6.45) is 4.78. The highest BCUT2D eigenvalue weighted by Crippen LogP contribution is 2.35. The molecule has 0 saturated heterocycles. The Morgan fingerprint density at radius 2 is 1.79 bits per heavy atom. The lowest BCUT2D eigenvalue weighted by molar-refractivity contribution is -0.140. The van der Waals surface area contributed by atoms with E-state index in [9.17, 15) is 4.79 Å². The van der Waals surface area contributed by atoms with Gasteiger partial charge in [-0.15, -0.1) is 0 Å². The van der Waals surface area contributed by atoms with Crippen LogP contribution < -0.4 is 10.1 Å². The molecule has 2 rings (SSSR count). The molecule has 0 aromatic heterocycles. The van der Waals surface area contributed by atoms with Gasteiger partial charge in [-0.2, -0.15) is 0 Å². The van der Waals surface area contributed by atoms with Crippen molar-refractivity contribution in [3.05, 3.63) is 23.3 Å². The lowest BCUT2D eigenvalue weighted by Gasteiger charge is -2.28. The van der Waals surface area contributed by atoms with Gasteiger partial charge in [0.25, 0.3) is 5.91 Å². The molecule has 4 heteroatoms. The van der Waals surface area contributed by atoms with Crippen molar-refractivity contribution >= 4 is 11.6 Å². The maximum atomic E-state index is 12.9. The Balaban J connectivity index is 2.16. The maximum absolute atomic E-state index is 12.9. The van der Waals surface area contributed by atoms with Crippen LogP contribution >= 0.6 is 0 Å². The molecule has 1 aliphatic rings. The van der Waals surface area contributed by atoms with E-state index >= 15 is 0 Å². The Labute approximate surface area is 145 Å². The molecule has 1 N–H and O–H groups in total. The van der Waals surface area contributed by atoms with Crippen LogP contribution in [-0.4, -0.2) is 24.2 Å². The summed E-state index contributed by atoms with van der Waals surface area (Å²) < 4.78 is 11.8. The van der Waals surface area contributed by atoms with E-state index in [4.69, 9.17) is 9.47 Å². The third kappa shape index (κ3) is 4.29. The van der Waals surface area contributed by atoms with Crippen LogP contribution in [0.2, 0.25) is 0 Å². The summed E-state index contributed by atoms with van der Waals surface area (Å²) >= 11 is 0. The Bertz CT molecular complexity index is 551. The first-order chi connectivity index (χ1) is 11.4. The smallest absolute Gasteiger partial charge is 0.256 e. The highest BCUT2D eigenvalue weighted by Gasteiger charge is 2.42. The summed E-state index contributed by atoms with van der Waals surface area (Å²) in [5.41, 5.74) is 2.24. The van der Waals surface area contributed by atoms with Gasteiger partial charge in [0, 0.05) is 12.3 Å². The number of carbonyl (C=O) groups is 1. The molecule has 0 radical (unpaired) electrons. The number of anilines is 1. The molecule has 0 spiro atoms. The number of rotatable bonds is 7. The fourth-order valence-corrected chi connectivity index (χ4v) is 3.37. The van der Waals surface area contributed by atoms with Crippen molar-refractivity contribution in [2.75, 3.05) is 11.9 Å². The van der Waals surface area contributed by atoms with Crippen molar-refractivity contribution < 1.29 is 14.3 Å². The number of amides is 1. The predicted octanol–water partition coefficient (Wildman–Crippen LogP) is 4.77. The van der Waals surface area contributed by atoms with Crippen LogP contribution in [0.3, 0.4) is 0 Å². The SMILES string of the molecule is CCCOC1(C(=O)Nc2cc(C)c(OC(C)C)c(C)c2)CCCC1. The minimum atomic E-state index is -0.648.